The number of ether oxygens (including phenoxy) is 1. The van der Waals surface area contributed by atoms with E-state index in [9.17, 15) is 24.1 Å². The molecule has 1 amide bonds. The first-order valence-electron chi connectivity index (χ1n) is 11.5. The highest BCUT2D eigenvalue weighted by Gasteiger charge is 2.22. The van der Waals surface area contributed by atoms with Gasteiger partial charge in [-0.15, -0.1) is 0 Å². The van der Waals surface area contributed by atoms with Crippen LogP contribution in [0, 0.1) is 15.9 Å². The van der Waals surface area contributed by atoms with Crippen LogP contribution in [0.25, 0.3) is 10.9 Å². The van der Waals surface area contributed by atoms with Gasteiger partial charge in [0.05, 0.1) is 22.0 Å². The van der Waals surface area contributed by atoms with Crippen LogP contribution < -0.4 is 15.6 Å². The number of carbonyl (C=O) groups excluding carboxylic acids is 1. The molecule has 4 rings (SSSR count). The topological polar surface area (TPSA) is 129 Å². The number of aromatic nitrogens is 2. The number of anilines is 1. The molecule has 0 atom stereocenters. The minimum Gasteiger partial charge on any atom is -0.476 e. The predicted octanol–water partition coefficient (Wildman–Crippen LogP) is 5.99. The molecule has 3 aromatic carbocycles. The number of benzene rings is 3. The molecule has 0 spiro atoms. The van der Waals surface area contributed by atoms with Gasteiger partial charge >= 0.3 is 5.69 Å². The second kappa shape index (κ2) is 11.8. The summed E-state index contributed by atoms with van der Waals surface area (Å²) >= 11 is 6.60. The summed E-state index contributed by atoms with van der Waals surface area (Å²) in [5, 5.41) is 19.0. The van der Waals surface area contributed by atoms with E-state index < -0.39 is 34.5 Å². The molecule has 200 valence electrons. The van der Waals surface area contributed by atoms with E-state index in [1.165, 1.54) is 42.6 Å². The maximum absolute atomic E-state index is 13.3. The van der Waals surface area contributed by atoms with Crippen LogP contribution in [0.4, 0.5) is 15.8 Å². The normalized spacial score (nSPS) is 11.3. The lowest BCUT2D eigenvalue weighted by Crippen LogP contribution is -2.23. The zero-order valence-corrected chi connectivity index (χ0v) is 23.7. The summed E-state index contributed by atoms with van der Waals surface area (Å²) in [5.74, 6) is -1.10. The van der Waals surface area contributed by atoms with Gasteiger partial charge in [0.2, 0.25) is 5.75 Å². The first-order valence-corrected chi connectivity index (χ1v) is 13.0. The van der Waals surface area contributed by atoms with E-state index in [0.29, 0.717) is 31.4 Å². The number of carbonyl (C=O) groups is 1. The van der Waals surface area contributed by atoms with Crippen LogP contribution >= 0.6 is 31.9 Å². The largest absolute Gasteiger partial charge is 0.476 e. The molecule has 0 saturated carbocycles. The first-order chi connectivity index (χ1) is 18.5. The molecule has 0 fully saturated rings. The molecule has 0 unspecified atom stereocenters. The van der Waals surface area contributed by atoms with Gasteiger partial charge in [0.1, 0.15) is 11.6 Å². The van der Waals surface area contributed by atoms with Crippen molar-refractivity contribution in [2.75, 3.05) is 11.9 Å². The summed E-state index contributed by atoms with van der Waals surface area (Å²) in [5.41, 5.74) is 0.131. The van der Waals surface area contributed by atoms with Crippen LogP contribution in [0.2, 0.25) is 0 Å². The fourth-order valence-electron chi connectivity index (χ4n) is 3.63. The lowest BCUT2D eigenvalue weighted by molar-refractivity contribution is -0.385. The van der Waals surface area contributed by atoms with Gasteiger partial charge < -0.3 is 10.1 Å². The molecule has 13 heteroatoms. The Morgan fingerprint density at radius 2 is 1.90 bits per heavy atom. The number of hydrogen-bond donors (Lipinski definition) is 1. The van der Waals surface area contributed by atoms with Gasteiger partial charge in [0, 0.05) is 32.2 Å². The number of rotatable bonds is 8. The van der Waals surface area contributed by atoms with E-state index in [-0.39, 0.29) is 17.2 Å². The van der Waals surface area contributed by atoms with Crippen molar-refractivity contribution in [3.05, 3.63) is 101 Å². The third-order valence-electron chi connectivity index (χ3n) is 5.40. The van der Waals surface area contributed by atoms with Gasteiger partial charge in [-0.05, 0) is 48.5 Å². The van der Waals surface area contributed by atoms with Crippen LogP contribution in [0.15, 0.2) is 73.4 Å². The minimum atomic E-state index is -0.657. The fourth-order valence-corrected chi connectivity index (χ4v) is 4.45. The summed E-state index contributed by atoms with van der Waals surface area (Å²) in [6, 6.07) is 13.0. The average molecular weight is 661 g/mol. The number of hydrogen-bond acceptors (Lipinski definition) is 7. The average Bonchev–Trinajstić information content (AvgIpc) is 2.88. The van der Waals surface area contributed by atoms with Crippen LogP contribution in [0.3, 0.4) is 0 Å². The van der Waals surface area contributed by atoms with Gasteiger partial charge in [-0.1, -0.05) is 45.7 Å². The molecular weight excluding hydrogens is 641 g/mol. The van der Waals surface area contributed by atoms with Crippen molar-refractivity contribution >= 4 is 66.3 Å². The molecule has 1 aromatic heterocycles. The van der Waals surface area contributed by atoms with Crippen molar-refractivity contribution in [3.8, 4) is 5.75 Å². The molecule has 0 aliphatic rings. The highest BCUT2D eigenvalue weighted by atomic mass is 79.9. The van der Waals surface area contributed by atoms with Gasteiger partial charge in [0.15, 0.2) is 6.61 Å². The molecule has 0 aliphatic carbocycles. The first kappa shape index (κ1) is 28.0. The molecule has 10 nitrogen and oxygen atoms in total. The van der Waals surface area contributed by atoms with Gasteiger partial charge in [0.25, 0.3) is 11.5 Å². The number of nitrogens with zero attached hydrogens (tertiary/aromatic N) is 4. The van der Waals surface area contributed by atoms with Crippen LogP contribution in [0.1, 0.15) is 31.2 Å². The Kier molecular flexibility index (Phi) is 8.51. The summed E-state index contributed by atoms with van der Waals surface area (Å²) in [6.45, 7) is 3.14. The monoisotopic (exact) mass is 659 g/mol. The highest BCUT2D eigenvalue weighted by molar-refractivity contribution is 9.10. The molecule has 4 aromatic rings. The SMILES string of the molecule is CC(C)c1nc2ccc(Br)cc2c(=O)n1N=Cc1cc(Br)cc([N+](=O)[O-])c1OCC(=O)Nc1ccc(F)cc1. The Morgan fingerprint density at radius 3 is 2.56 bits per heavy atom. The Hall–Kier alpha value is -3.97. The van der Waals surface area contributed by atoms with Crippen molar-refractivity contribution in [1.29, 1.82) is 0 Å². The molecule has 1 N–H and O–H groups in total. The van der Waals surface area contributed by atoms with Crippen LogP contribution in [-0.2, 0) is 4.79 Å². The number of nitrogens with one attached hydrogen (secondary N) is 1. The summed E-state index contributed by atoms with van der Waals surface area (Å²) < 4.78 is 20.9. The van der Waals surface area contributed by atoms with Crippen molar-refractivity contribution in [3.63, 3.8) is 0 Å². The molecule has 1 heterocycles. The van der Waals surface area contributed by atoms with Crippen LogP contribution in [0.5, 0.6) is 5.75 Å². The van der Waals surface area contributed by atoms with Crippen LogP contribution in [-0.4, -0.2) is 33.3 Å². The predicted molar refractivity (Wildman–Crippen MR) is 152 cm³/mol. The Balaban J connectivity index is 1.72. The molecular formula is C26H20Br2FN5O5. The van der Waals surface area contributed by atoms with E-state index in [1.807, 2.05) is 13.8 Å². The summed E-state index contributed by atoms with van der Waals surface area (Å²) in [7, 11) is 0. The smallest absolute Gasteiger partial charge is 0.312 e. The van der Waals surface area contributed by atoms with E-state index in [1.54, 1.807) is 18.2 Å². The van der Waals surface area contributed by atoms with Crippen molar-refractivity contribution in [2.24, 2.45) is 5.10 Å². The maximum atomic E-state index is 13.3. The van der Waals surface area contributed by atoms with E-state index in [4.69, 9.17) is 4.74 Å². The molecule has 0 saturated heterocycles. The Bertz CT molecular complexity index is 1670. The third kappa shape index (κ3) is 6.55. The molecule has 0 aliphatic heterocycles. The third-order valence-corrected chi connectivity index (χ3v) is 6.35. The summed E-state index contributed by atoms with van der Waals surface area (Å²) in [6.07, 6.45) is 1.24. The van der Waals surface area contributed by atoms with E-state index in [0.717, 1.165) is 4.68 Å². The number of fused-ring (bicyclic) bond motifs is 1. The standard InChI is InChI=1S/C26H20Br2FN5O5/c1-14(2)25-32-21-8-3-16(27)10-20(21)26(36)33(25)30-12-15-9-17(28)11-22(34(37)38)24(15)39-13-23(35)31-19-6-4-18(29)5-7-19/h3-12,14H,13H2,1-2H3,(H,31,35). The molecule has 39 heavy (non-hydrogen) atoms. The number of nitro groups is 1. The zero-order valence-electron chi connectivity index (χ0n) is 20.5. The number of amides is 1. The fraction of sp³-hybridized carbons (Fsp3) is 0.154. The summed E-state index contributed by atoms with van der Waals surface area (Å²) in [4.78, 5) is 41.5. The molecule has 0 radical (unpaired) electrons. The highest BCUT2D eigenvalue weighted by Crippen LogP contribution is 2.34. The minimum absolute atomic E-state index is 0.140. The van der Waals surface area contributed by atoms with Gasteiger partial charge in [-0.25, -0.2) is 9.37 Å². The zero-order chi connectivity index (χ0) is 28.3. The Morgan fingerprint density at radius 1 is 1.18 bits per heavy atom. The van der Waals surface area contributed by atoms with Crippen molar-refractivity contribution in [1.82, 2.24) is 9.66 Å². The second-order valence-corrected chi connectivity index (χ2v) is 10.4. The van der Waals surface area contributed by atoms with Gasteiger partial charge in [-0.2, -0.15) is 9.78 Å². The number of nitro benzene ring substituents is 1. The lowest BCUT2D eigenvalue weighted by atomic mass is 10.1. The Labute approximate surface area is 237 Å². The number of halogens is 3. The van der Waals surface area contributed by atoms with Crippen molar-refractivity contribution < 1.29 is 18.8 Å². The lowest BCUT2D eigenvalue weighted by Gasteiger charge is -2.13. The maximum Gasteiger partial charge on any atom is 0.312 e. The van der Waals surface area contributed by atoms with Crippen molar-refractivity contribution in [2.45, 2.75) is 19.8 Å². The van der Waals surface area contributed by atoms with E-state index in [2.05, 4.69) is 47.3 Å². The van der Waals surface area contributed by atoms with E-state index >= 15 is 0 Å². The molecule has 0 bridgehead atoms. The van der Waals surface area contributed by atoms with Gasteiger partial charge in [-0.3, -0.25) is 19.7 Å². The quantitative estimate of drug-likeness (QED) is 0.140. The second-order valence-electron chi connectivity index (χ2n) is 8.59.